The number of aryl methyl sites for hydroxylation is 1. The number of ether oxygens (including phenoxy) is 2. The number of aliphatic imine (C=N–C) groups is 1. The van der Waals surface area contributed by atoms with Gasteiger partial charge in [0.25, 0.3) is 0 Å². The summed E-state index contributed by atoms with van der Waals surface area (Å²) in [5.74, 6) is 1.77. The van der Waals surface area contributed by atoms with Gasteiger partial charge in [-0.25, -0.2) is 0 Å². The second kappa shape index (κ2) is 13.7. The van der Waals surface area contributed by atoms with Crippen LogP contribution in [0.3, 0.4) is 0 Å². The lowest BCUT2D eigenvalue weighted by Crippen LogP contribution is -2.38. The van der Waals surface area contributed by atoms with Gasteiger partial charge >= 0.3 is 0 Å². The third-order valence-corrected chi connectivity index (χ3v) is 3.69. The first kappa shape index (κ1) is 20.3. The molecule has 1 aromatic rings. The lowest BCUT2D eigenvalue weighted by atomic mass is 10.1. The van der Waals surface area contributed by atoms with Crippen molar-refractivity contribution in [1.29, 1.82) is 0 Å². The zero-order valence-corrected chi connectivity index (χ0v) is 15.4. The highest BCUT2D eigenvalue weighted by Gasteiger charge is 1.99. The SMILES string of the molecule is CCCCOCCCNC(=NC)NCCCc1cccc(OC)c1. The van der Waals surface area contributed by atoms with Crippen molar-refractivity contribution >= 4 is 5.96 Å². The van der Waals surface area contributed by atoms with Gasteiger partial charge in [0.05, 0.1) is 7.11 Å². The predicted octanol–water partition coefficient (Wildman–Crippen LogP) is 3.00. The molecule has 0 amide bonds. The van der Waals surface area contributed by atoms with Gasteiger partial charge in [0.2, 0.25) is 0 Å². The third-order valence-electron chi connectivity index (χ3n) is 3.69. The Morgan fingerprint density at radius 2 is 1.83 bits per heavy atom. The van der Waals surface area contributed by atoms with Crippen LogP contribution in [0.1, 0.15) is 38.2 Å². The summed E-state index contributed by atoms with van der Waals surface area (Å²) in [5.41, 5.74) is 1.29. The number of hydrogen-bond donors (Lipinski definition) is 2. The van der Waals surface area contributed by atoms with Crippen LogP contribution in [-0.2, 0) is 11.2 Å². The molecule has 0 bridgehead atoms. The normalized spacial score (nSPS) is 11.4. The van der Waals surface area contributed by atoms with Crippen LogP contribution in [0.25, 0.3) is 0 Å². The summed E-state index contributed by atoms with van der Waals surface area (Å²) >= 11 is 0. The van der Waals surface area contributed by atoms with Crippen LogP contribution in [-0.4, -0.2) is 46.4 Å². The van der Waals surface area contributed by atoms with Crippen molar-refractivity contribution < 1.29 is 9.47 Å². The van der Waals surface area contributed by atoms with Crippen molar-refractivity contribution in [1.82, 2.24) is 10.6 Å². The molecule has 0 spiro atoms. The monoisotopic (exact) mass is 335 g/mol. The van der Waals surface area contributed by atoms with Gasteiger partial charge in [-0.3, -0.25) is 4.99 Å². The Bertz CT molecular complexity index is 464. The second-order valence-electron chi connectivity index (χ2n) is 5.70. The van der Waals surface area contributed by atoms with Crippen LogP contribution in [0.2, 0.25) is 0 Å². The Labute approximate surface area is 146 Å². The van der Waals surface area contributed by atoms with Gasteiger partial charge in [0.1, 0.15) is 5.75 Å². The molecule has 0 aliphatic carbocycles. The van der Waals surface area contributed by atoms with Crippen LogP contribution in [0, 0.1) is 0 Å². The minimum Gasteiger partial charge on any atom is -0.497 e. The highest BCUT2D eigenvalue weighted by atomic mass is 16.5. The number of nitrogens with one attached hydrogen (secondary N) is 2. The minimum atomic E-state index is 0.805. The summed E-state index contributed by atoms with van der Waals surface area (Å²) in [5, 5.41) is 6.66. The maximum Gasteiger partial charge on any atom is 0.190 e. The van der Waals surface area contributed by atoms with E-state index in [1.54, 1.807) is 14.2 Å². The van der Waals surface area contributed by atoms with Crippen molar-refractivity contribution in [2.24, 2.45) is 4.99 Å². The van der Waals surface area contributed by atoms with Gasteiger partial charge in [-0.15, -0.1) is 0 Å². The Morgan fingerprint density at radius 3 is 2.54 bits per heavy atom. The summed E-state index contributed by atoms with van der Waals surface area (Å²) in [6.45, 7) is 5.62. The first-order valence-corrected chi connectivity index (χ1v) is 8.95. The summed E-state index contributed by atoms with van der Waals surface area (Å²) in [7, 11) is 3.50. The topological polar surface area (TPSA) is 54.9 Å². The predicted molar refractivity (Wildman–Crippen MR) is 101 cm³/mol. The molecule has 0 aliphatic rings. The van der Waals surface area contributed by atoms with E-state index in [1.165, 1.54) is 12.0 Å². The van der Waals surface area contributed by atoms with E-state index in [2.05, 4.69) is 34.7 Å². The molecule has 0 unspecified atom stereocenters. The van der Waals surface area contributed by atoms with Crippen molar-refractivity contribution in [3.05, 3.63) is 29.8 Å². The molecule has 0 radical (unpaired) electrons. The van der Waals surface area contributed by atoms with Gasteiger partial charge in [-0.1, -0.05) is 25.5 Å². The highest BCUT2D eigenvalue weighted by Crippen LogP contribution is 2.13. The fourth-order valence-corrected chi connectivity index (χ4v) is 2.28. The fraction of sp³-hybridized carbons (Fsp3) is 0.632. The average Bonchev–Trinajstić information content (AvgIpc) is 2.62. The maximum atomic E-state index is 5.55. The van der Waals surface area contributed by atoms with Gasteiger partial charge in [0, 0.05) is 33.4 Å². The first-order chi connectivity index (χ1) is 11.8. The summed E-state index contributed by atoms with van der Waals surface area (Å²) in [4.78, 5) is 4.24. The lowest BCUT2D eigenvalue weighted by Gasteiger charge is -2.12. The molecule has 1 aromatic carbocycles. The van der Waals surface area contributed by atoms with E-state index >= 15 is 0 Å². The molecule has 0 aromatic heterocycles. The molecule has 1 rings (SSSR count). The van der Waals surface area contributed by atoms with Crippen molar-refractivity contribution in [3.63, 3.8) is 0 Å². The van der Waals surface area contributed by atoms with Gasteiger partial charge < -0.3 is 20.1 Å². The van der Waals surface area contributed by atoms with E-state index in [0.29, 0.717) is 0 Å². The third kappa shape index (κ3) is 9.40. The number of hydrogen-bond acceptors (Lipinski definition) is 3. The lowest BCUT2D eigenvalue weighted by molar-refractivity contribution is 0.129. The average molecular weight is 335 g/mol. The Hall–Kier alpha value is -1.75. The largest absolute Gasteiger partial charge is 0.497 e. The van der Waals surface area contributed by atoms with E-state index in [1.807, 2.05) is 12.1 Å². The van der Waals surface area contributed by atoms with E-state index in [-0.39, 0.29) is 0 Å². The minimum absolute atomic E-state index is 0.805. The standard InChI is InChI=1S/C19H33N3O2/c1-4-5-14-24-15-8-13-22-19(20-2)21-12-7-10-17-9-6-11-18(16-17)23-3/h6,9,11,16H,4-5,7-8,10,12-15H2,1-3H3,(H2,20,21,22). The quantitative estimate of drug-likeness (QED) is 0.350. The molecule has 2 N–H and O–H groups in total. The van der Waals surface area contributed by atoms with Crippen LogP contribution in [0.15, 0.2) is 29.3 Å². The molecule has 5 nitrogen and oxygen atoms in total. The zero-order chi connectivity index (χ0) is 17.5. The molecule has 0 aliphatic heterocycles. The van der Waals surface area contributed by atoms with E-state index in [9.17, 15) is 0 Å². The van der Waals surface area contributed by atoms with E-state index in [4.69, 9.17) is 9.47 Å². The molecular formula is C19H33N3O2. The van der Waals surface area contributed by atoms with Gasteiger partial charge in [-0.05, 0) is 43.4 Å². The van der Waals surface area contributed by atoms with Crippen LogP contribution >= 0.6 is 0 Å². The molecule has 5 heteroatoms. The molecule has 0 saturated carbocycles. The van der Waals surface area contributed by atoms with Crippen LogP contribution in [0.4, 0.5) is 0 Å². The number of methoxy groups -OCH3 is 1. The summed E-state index contributed by atoms with van der Waals surface area (Å²) in [6, 6.07) is 8.23. The second-order valence-corrected chi connectivity index (χ2v) is 5.70. The van der Waals surface area contributed by atoms with Crippen LogP contribution in [0.5, 0.6) is 5.75 Å². The Morgan fingerprint density at radius 1 is 1.08 bits per heavy atom. The van der Waals surface area contributed by atoms with Crippen LogP contribution < -0.4 is 15.4 Å². The van der Waals surface area contributed by atoms with Crippen molar-refractivity contribution in [2.75, 3.05) is 40.5 Å². The van der Waals surface area contributed by atoms with E-state index < -0.39 is 0 Å². The fourth-order valence-electron chi connectivity index (χ4n) is 2.28. The Kier molecular flexibility index (Phi) is 11.6. The first-order valence-electron chi connectivity index (χ1n) is 8.95. The molecule has 136 valence electrons. The molecule has 0 fully saturated rings. The number of benzene rings is 1. The molecular weight excluding hydrogens is 302 g/mol. The van der Waals surface area contributed by atoms with Gasteiger partial charge in [0.15, 0.2) is 5.96 Å². The smallest absolute Gasteiger partial charge is 0.190 e. The number of nitrogens with zero attached hydrogens (tertiary/aromatic N) is 1. The molecule has 0 saturated heterocycles. The van der Waals surface area contributed by atoms with Crippen molar-refractivity contribution in [3.8, 4) is 5.75 Å². The number of unbranched alkanes of at least 4 members (excludes halogenated alkanes) is 1. The van der Waals surface area contributed by atoms with Crippen molar-refractivity contribution in [2.45, 2.75) is 39.0 Å². The Balaban J connectivity index is 2.09. The number of rotatable bonds is 12. The summed E-state index contributed by atoms with van der Waals surface area (Å²) in [6.07, 6.45) is 5.39. The summed E-state index contributed by atoms with van der Waals surface area (Å²) < 4.78 is 10.8. The molecule has 24 heavy (non-hydrogen) atoms. The van der Waals surface area contributed by atoms with E-state index in [0.717, 1.165) is 63.7 Å². The molecule has 0 heterocycles. The molecule has 0 atom stereocenters. The zero-order valence-electron chi connectivity index (χ0n) is 15.4. The van der Waals surface area contributed by atoms with Gasteiger partial charge in [-0.2, -0.15) is 0 Å². The number of guanidine groups is 1. The maximum absolute atomic E-state index is 5.55. The highest BCUT2D eigenvalue weighted by molar-refractivity contribution is 5.79.